The van der Waals surface area contributed by atoms with Crippen molar-refractivity contribution in [1.82, 2.24) is 10.2 Å². The van der Waals surface area contributed by atoms with Gasteiger partial charge in [0.1, 0.15) is 0 Å². The summed E-state index contributed by atoms with van der Waals surface area (Å²) in [7, 11) is 0. The molecule has 2 saturated heterocycles. The summed E-state index contributed by atoms with van der Waals surface area (Å²) >= 11 is 0. The second-order valence-corrected chi connectivity index (χ2v) is 5.70. The van der Waals surface area contributed by atoms with Gasteiger partial charge in [0, 0.05) is 25.6 Å². The van der Waals surface area contributed by atoms with E-state index in [9.17, 15) is 9.59 Å². The molecule has 2 heterocycles. The molecule has 2 aliphatic rings. The molecule has 2 atom stereocenters. The van der Waals surface area contributed by atoms with Gasteiger partial charge in [-0.1, -0.05) is 12.1 Å². The molecule has 0 bridgehead atoms. The van der Waals surface area contributed by atoms with Crippen LogP contribution in [0.25, 0.3) is 0 Å². The molecule has 1 aromatic rings. The lowest BCUT2D eigenvalue weighted by molar-refractivity contribution is -0.125. The molecule has 2 fully saturated rings. The number of nitrogen functional groups attached to an aromatic ring is 1. The zero-order valence-corrected chi connectivity index (χ0v) is 11.8. The molecule has 0 aromatic heterocycles. The van der Waals surface area contributed by atoms with E-state index >= 15 is 0 Å². The van der Waals surface area contributed by atoms with E-state index in [-0.39, 0.29) is 17.9 Å². The zero-order valence-electron chi connectivity index (χ0n) is 11.8. The smallest absolute Gasteiger partial charge is 0.256 e. The summed E-state index contributed by atoms with van der Waals surface area (Å²) in [5, 5.41) is 3.03. The summed E-state index contributed by atoms with van der Waals surface area (Å²) in [5.41, 5.74) is 3.81. The first-order valence-corrected chi connectivity index (χ1v) is 7.33. The van der Waals surface area contributed by atoms with E-state index in [4.69, 9.17) is 5.84 Å². The van der Waals surface area contributed by atoms with Gasteiger partial charge in [-0.05, 0) is 30.9 Å². The van der Waals surface area contributed by atoms with Gasteiger partial charge in [-0.2, -0.15) is 0 Å². The fourth-order valence-electron chi connectivity index (χ4n) is 3.26. The van der Waals surface area contributed by atoms with E-state index in [1.54, 1.807) is 12.1 Å². The topological polar surface area (TPSA) is 87.5 Å². The molecule has 112 valence electrons. The second kappa shape index (κ2) is 5.73. The Balaban J connectivity index is 1.73. The van der Waals surface area contributed by atoms with E-state index in [1.807, 2.05) is 17.0 Å². The Labute approximate surface area is 123 Å². The minimum absolute atomic E-state index is 0.00102. The van der Waals surface area contributed by atoms with Crippen molar-refractivity contribution in [2.24, 2.45) is 11.8 Å². The van der Waals surface area contributed by atoms with Gasteiger partial charge < -0.3 is 15.6 Å². The molecule has 21 heavy (non-hydrogen) atoms. The first-order valence-electron chi connectivity index (χ1n) is 7.33. The predicted octanol–water partition coefficient (Wildman–Crippen LogP) is 0.713. The molecule has 1 aromatic carbocycles. The number of hydrazine groups is 1. The maximum atomic E-state index is 12.7. The van der Waals surface area contributed by atoms with Crippen molar-refractivity contribution in [2.75, 3.05) is 18.5 Å². The molecule has 6 heteroatoms. The van der Waals surface area contributed by atoms with Gasteiger partial charge in [-0.25, -0.2) is 0 Å². The molecule has 4 N–H and O–H groups in total. The highest BCUT2D eigenvalue weighted by atomic mass is 16.2. The van der Waals surface area contributed by atoms with Crippen LogP contribution in [-0.4, -0.2) is 35.8 Å². The summed E-state index contributed by atoms with van der Waals surface area (Å²) in [6, 6.07) is 7.47. The van der Waals surface area contributed by atoms with Crippen LogP contribution in [0.1, 0.15) is 29.6 Å². The fourth-order valence-corrected chi connectivity index (χ4v) is 3.26. The molecule has 2 unspecified atom stereocenters. The van der Waals surface area contributed by atoms with E-state index in [1.165, 1.54) is 0 Å². The number of nitrogens with two attached hydrogens (primary N) is 1. The first-order chi connectivity index (χ1) is 10.2. The van der Waals surface area contributed by atoms with Gasteiger partial charge in [-0.3, -0.25) is 15.4 Å². The van der Waals surface area contributed by atoms with E-state index < -0.39 is 0 Å². The Morgan fingerprint density at radius 1 is 1.33 bits per heavy atom. The van der Waals surface area contributed by atoms with Crippen LogP contribution in [0.3, 0.4) is 0 Å². The number of likely N-dealkylation sites (tertiary alicyclic amines) is 1. The van der Waals surface area contributed by atoms with Crippen LogP contribution in [0.15, 0.2) is 24.3 Å². The number of hydrogen-bond acceptors (Lipinski definition) is 4. The minimum Gasteiger partial charge on any atom is -0.353 e. The summed E-state index contributed by atoms with van der Waals surface area (Å²) in [6.45, 7) is 1.36. The number of amides is 2. The second-order valence-electron chi connectivity index (χ2n) is 5.70. The van der Waals surface area contributed by atoms with Gasteiger partial charge in [-0.15, -0.1) is 0 Å². The molecule has 0 radical (unpaired) electrons. The highest BCUT2D eigenvalue weighted by Gasteiger charge is 2.35. The largest absolute Gasteiger partial charge is 0.353 e. The van der Waals surface area contributed by atoms with Gasteiger partial charge in [0.05, 0.1) is 11.3 Å². The van der Waals surface area contributed by atoms with Gasteiger partial charge in [0.2, 0.25) is 5.91 Å². The van der Waals surface area contributed by atoms with Crippen LogP contribution in [0.4, 0.5) is 5.69 Å². The van der Waals surface area contributed by atoms with Crippen LogP contribution in [0.2, 0.25) is 0 Å². The summed E-state index contributed by atoms with van der Waals surface area (Å²) in [4.78, 5) is 26.0. The van der Waals surface area contributed by atoms with Gasteiger partial charge in [0.15, 0.2) is 0 Å². The molecule has 2 aliphatic heterocycles. The quantitative estimate of drug-likeness (QED) is 0.552. The standard InChI is InChI=1S/C15H20N4O2/c16-18-13-4-2-1-3-11(13)15(21)19-8-7-12-10(9-19)5-6-14(20)17-12/h1-4,10,12,18H,5-9,16H2,(H,17,20). The molecular formula is C15H20N4O2. The number of carbonyl (C=O) groups is 2. The Kier molecular flexibility index (Phi) is 3.79. The lowest BCUT2D eigenvalue weighted by atomic mass is 9.85. The van der Waals surface area contributed by atoms with Gasteiger partial charge in [0.25, 0.3) is 5.91 Å². The number of nitrogens with one attached hydrogen (secondary N) is 2. The fraction of sp³-hybridized carbons (Fsp3) is 0.467. The lowest BCUT2D eigenvalue weighted by Crippen LogP contribution is -2.55. The van der Waals surface area contributed by atoms with E-state index in [2.05, 4.69) is 10.7 Å². The summed E-state index contributed by atoms with van der Waals surface area (Å²) < 4.78 is 0. The molecule has 0 saturated carbocycles. The lowest BCUT2D eigenvalue weighted by Gasteiger charge is -2.41. The van der Waals surface area contributed by atoms with Crippen molar-refractivity contribution in [3.63, 3.8) is 0 Å². The van der Waals surface area contributed by atoms with Crippen molar-refractivity contribution >= 4 is 17.5 Å². The Morgan fingerprint density at radius 2 is 2.14 bits per heavy atom. The first kappa shape index (κ1) is 13.9. The number of rotatable bonds is 2. The number of piperidine rings is 2. The third-order valence-electron chi connectivity index (χ3n) is 4.42. The number of nitrogens with zero attached hydrogens (tertiary/aromatic N) is 1. The number of anilines is 1. The van der Waals surface area contributed by atoms with Crippen molar-refractivity contribution < 1.29 is 9.59 Å². The highest BCUT2D eigenvalue weighted by molar-refractivity contribution is 5.99. The van der Waals surface area contributed by atoms with Crippen LogP contribution < -0.4 is 16.6 Å². The van der Waals surface area contributed by atoms with E-state index in [0.717, 1.165) is 12.8 Å². The number of benzene rings is 1. The third-order valence-corrected chi connectivity index (χ3v) is 4.42. The summed E-state index contributed by atoms with van der Waals surface area (Å²) in [6.07, 6.45) is 2.24. The van der Waals surface area contributed by atoms with E-state index in [0.29, 0.717) is 36.7 Å². The van der Waals surface area contributed by atoms with Crippen LogP contribution in [-0.2, 0) is 4.79 Å². The zero-order chi connectivity index (χ0) is 14.8. The van der Waals surface area contributed by atoms with Crippen molar-refractivity contribution in [1.29, 1.82) is 0 Å². The Bertz CT molecular complexity index is 560. The third kappa shape index (κ3) is 2.71. The Hall–Kier alpha value is -2.08. The number of fused-ring (bicyclic) bond motifs is 1. The van der Waals surface area contributed by atoms with Crippen molar-refractivity contribution in [3.05, 3.63) is 29.8 Å². The Morgan fingerprint density at radius 3 is 2.95 bits per heavy atom. The van der Waals surface area contributed by atoms with Crippen molar-refractivity contribution in [3.8, 4) is 0 Å². The van der Waals surface area contributed by atoms with Crippen molar-refractivity contribution in [2.45, 2.75) is 25.3 Å². The highest BCUT2D eigenvalue weighted by Crippen LogP contribution is 2.27. The molecule has 3 rings (SSSR count). The average Bonchev–Trinajstić information content (AvgIpc) is 2.53. The van der Waals surface area contributed by atoms with Crippen LogP contribution in [0.5, 0.6) is 0 Å². The molecule has 6 nitrogen and oxygen atoms in total. The number of carbonyl (C=O) groups excluding carboxylic acids is 2. The molecular weight excluding hydrogens is 268 g/mol. The molecule has 0 aliphatic carbocycles. The maximum Gasteiger partial charge on any atom is 0.256 e. The average molecular weight is 288 g/mol. The number of para-hydroxylation sites is 1. The SMILES string of the molecule is NNc1ccccc1C(=O)N1CCC2NC(=O)CCC2C1. The van der Waals surface area contributed by atoms with Crippen LogP contribution >= 0.6 is 0 Å². The molecule has 2 amide bonds. The monoisotopic (exact) mass is 288 g/mol. The normalized spacial score (nSPS) is 25.0. The minimum atomic E-state index is -0.00102. The predicted molar refractivity (Wildman–Crippen MR) is 79.4 cm³/mol. The summed E-state index contributed by atoms with van der Waals surface area (Å²) in [5.74, 6) is 5.96. The molecule has 0 spiro atoms. The number of hydrogen-bond donors (Lipinski definition) is 3. The maximum absolute atomic E-state index is 12.7. The van der Waals surface area contributed by atoms with Gasteiger partial charge >= 0.3 is 0 Å². The van der Waals surface area contributed by atoms with Crippen LogP contribution in [0, 0.1) is 5.92 Å².